The lowest BCUT2D eigenvalue weighted by Gasteiger charge is -2.21. The molecule has 152 valence electrons. The third-order valence-corrected chi connectivity index (χ3v) is 6.86. The molecular weight excluding hydrogens is 374 g/mol. The predicted octanol–water partition coefficient (Wildman–Crippen LogP) is 3.94. The number of benzene rings is 2. The number of sulfonamides is 1. The number of hydrogen-bond donors (Lipinski definition) is 1. The first-order valence-corrected chi connectivity index (χ1v) is 11.2. The Morgan fingerprint density at radius 2 is 1.71 bits per heavy atom. The topological polar surface area (TPSA) is 64.6 Å². The molecule has 0 radical (unpaired) electrons. The van der Waals surface area contributed by atoms with Gasteiger partial charge in [0.05, 0.1) is 13.2 Å². The summed E-state index contributed by atoms with van der Waals surface area (Å²) in [6.07, 6.45) is 4.10. The van der Waals surface area contributed by atoms with Crippen LogP contribution in [0.15, 0.2) is 35.2 Å². The van der Waals surface area contributed by atoms with Crippen molar-refractivity contribution in [1.82, 2.24) is 4.72 Å². The van der Waals surface area contributed by atoms with Gasteiger partial charge in [-0.15, -0.1) is 0 Å². The van der Waals surface area contributed by atoms with Crippen LogP contribution in [0.25, 0.3) is 0 Å². The van der Waals surface area contributed by atoms with Gasteiger partial charge in [0, 0.05) is 0 Å². The second kappa shape index (κ2) is 8.53. The molecule has 2 aromatic rings. The normalized spacial score (nSPS) is 15.0. The van der Waals surface area contributed by atoms with E-state index in [1.165, 1.54) is 18.2 Å². The molecule has 0 saturated carbocycles. The third-order valence-electron chi connectivity index (χ3n) is 5.25. The number of nitrogens with one attached hydrogen (secondary N) is 1. The van der Waals surface area contributed by atoms with Gasteiger partial charge in [-0.25, -0.2) is 13.1 Å². The molecule has 0 bridgehead atoms. The first-order chi connectivity index (χ1) is 13.3. The van der Waals surface area contributed by atoms with Gasteiger partial charge in [0.25, 0.3) is 0 Å². The van der Waals surface area contributed by atoms with Crippen LogP contribution >= 0.6 is 0 Å². The van der Waals surface area contributed by atoms with E-state index in [4.69, 9.17) is 9.47 Å². The first-order valence-electron chi connectivity index (χ1n) is 9.72. The minimum Gasteiger partial charge on any atom is -0.495 e. The molecule has 2 aromatic carbocycles. The molecule has 0 aromatic heterocycles. The van der Waals surface area contributed by atoms with Crippen LogP contribution in [-0.4, -0.2) is 28.2 Å². The Morgan fingerprint density at radius 1 is 1.04 bits per heavy atom. The Kier molecular flexibility index (Phi) is 6.30. The van der Waals surface area contributed by atoms with E-state index < -0.39 is 10.0 Å². The van der Waals surface area contributed by atoms with Crippen molar-refractivity contribution in [2.24, 2.45) is 0 Å². The first kappa shape index (κ1) is 20.7. The highest BCUT2D eigenvalue weighted by Crippen LogP contribution is 2.32. The van der Waals surface area contributed by atoms with Crippen molar-refractivity contribution in [3.63, 3.8) is 0 Å². The maximum atomic E-state index is 13.0. The van der Waals surface area contributed by atoms with Gasteiger partial charge in [-0.2, -0.15) is 0 Å². The van der Waals surface area contributed by atoms with Gasteiger partial charge in [0.2, 0.25) is 10.0 Å². The molecule has 0 saturated heterocycles. The zero-order chi connectivity index (χ0) is 20.3. The molecule has 1 atom stereocenters. The van der Waals surface area contributed by atoms with E-state index in [-0.39, 0.29) is 17.5 Å². The highest BCUT2D eigenvalue weighted by Gasteiger charge is 2.25. The van der Waals surface area contributed by atoms with Crippen LogP contribution in [0, 0.1) is 13.8 Å². The molecule has 0 fully saturated rings. The number of rotatable bonds is 7. The summed E-state index contributed by atoms with van der Waals surface area (Å²) in [6.45, 7) is 6.11. The lowest BCUT2D eigenvalue weighted by atomic mass is 9.92. The predicted molar refractivity (Wildman–Crippen MR) is 111 cm³/mol. The molecule has 0 aliphatic heterocycles. The van der Waals surface area contributed by atoms with Crippen molar-refractivity contribution in [1.29, 1.82) is 0 Å². The van der Waals surface area contributed by atoms with E-state index in [1.807, 2.05) is 38.1 Å². The number of hydrogen-bond acceptors (Lipinski definition) is 4. The molecule has 1 aliphatic carbocycles. The van der Waals surface area contributed by atoms with Crippen molar-refractivity contribution in [3.05, 3.63) is 52.6 Å². The summed E-state index contributed by atoms with van der Waals surface area (Å²) in [4.78, 5) is 0.202. The van der Waals surface area contributed by atoms with Gasteiger partial charge in [-0.05, 0) is 93.0 Å². The quantitative estimate of drug-likeness (QED) is 0.761. The Hall–Kier alpha value is -2.05. The van der Waals surface area contributed by atoms with E-state index in [0.717, 1.165) is 42.6 Å². The molecule has 6 heteroatoms. The molecule has 0 heterocycles. The van der Waals surface area contributed by atoms with Crippen LogP contribution in [0.3, 0.4) is 0 Å². The second-order valence-corrected chi connectivity index (χ2v) is 9.24. The Labute approximate surface area is 168 Å². The summed E-state index contributed by atoms with van der Waals surface area (Å²) in [5, 5.41) is 0. The molecule has 0 amide bonds. The van der Waals surface area contributed by atoms with Crippen LogP contribution in [-0.2, 0) is 22.9 Å². The van der Waals surface area contributed by atoms with Gasteiger partial charge in [0.1, 0.15) is 23.0 Å². The van der Waals surface area contributed by atoms with E-state index in [1.54, 1.807) is 13.0 Å². The minimum atomic E-state index is -3.71. The van der Waals surface area contributed by atoms with Crippen molar-refractivity contribution >= 4 is 10.0 Å². The molecule has 0 unspecified atom stereocenters. The molecule has 1 aliphatic rings. The lowest BCUT2D eigenvalue weighted by molar-refractivity contribution is 0.287. The molecule has 5 nitrogen and oxygen atoms in total. The van der Waals surface area contributed by atoms with E-state index in [0.29, 0.717) is 5.75 Å². The third kappa shape index (κ3) is 4.67. The summed E-state index contributed by atoms with van der Waals surface area (Å²) in [5.74, 6) is 1.14. The second-order valence-electron chi connectivity index (χ2n) is 7.56. The van der Waals surface area contributed by atoms with Gasteiger partial charge in [0.15, 0.2) is 0 Å². The average Bonchev–Trinajstić information content (AvgIpc) is 2.67. The Balaban J connectivity index is 1.72. The monoisotopic (exact) mass is 403 g/mol. The van der Waals surface area contributed by atoms with Crippen LogP contribution in [0.1, 0.15) is 42.0 Å². The minimum absolute atomic E-state index is 0.202. The smallest absolute Gasteiger partial charge is 0.244 e. The fourth-order valence-corrected chi connectivity index (χ4v) is 4.93. The fraction of sp³-hybridized carbons (Fsp3) is 0.455. The number of methoxy groups -OCH3 is 1. The Bertz CT molecular complexity index is 953. The van der Waals surface area contributed by atoms with E-state index >= 15 is 0 Å². The standard InChI is InChI=1S/C22H29NO4S/c1-15-9-10-20(11-16(15)2)27-14-17(3)23-28(24,25)22-13-19-8-6-5-7-18(19)12-21(22)26-4/h9-13,17,23H,5-8,14H2,1-4H3/t17-/m0/s1. The number of ether oxygens (including phenoxy) is 2. The Morgan fingerprint density at radius 3 is 2.36 bits per heavy atom. The highest BCUT2D eigenvalue weighted by molar-refractivity contribution is 7.89. The van der Waals surface area contributed by atoms with Crippen molar-refractivity contribution in [3.8, 4) is 11.5 Å². The number of aryl methyl sites for hydroxylation is 4. The van der Waals surface area contributed by atoms with Gasteiger partial charge < -0.3 is 9.47 Å². The van der Waals surface area contributed by atoms with Crippen molar-refractivity contribution in [2.75, 3.05) is 13.7 Å². The summed E-state index contributed by atoms with van der Waals surface area (Å²) in [6, 6.07) is 9.12. The zero-order valence-corrected chi connectivity index (χ0v) is 17.9. The van der Waals surface area contributed by atoms with E-state index in [9.17, 15) is 8.42 Å². The zero-order valence-electron chi connectivity index (χ0n) is 17.0. The summed E-state index contributed by atoms with van der Waals surface area (Å²) in [5.41, 5.74) is 4.63. The van der Waals surface area contributed by atoms with Crippen LogP contribution in [0.5, 0.6) is 11.5 Å². The van der Waals surface area contributed by atoms with Crippen LogP contribution in [0.2, 0.25) is 0 Å². The molecule has 28 heavy (non-hydrogen) atoms. The van der Waals surface area contributed by atoms with Gasteiger partial charge in [-0.1, -0.05) is 6.07 Å². The van der Waals surface area contributed by atoms with Crippen molar-refractivity contribution < 1.29 is 17.9 Å². The van der Waals surface area contributed by atoms with E-state index in [2.05, 4.69) is 4.72 Å². The SMILES string of the molecule is COc1cc2c(cc1S(=O)(=O)N[C@@H](C)COc1ccc(C)c(C)c1)CCCC2. The average molecular weight is 404 g/mol. The lowest BCUT2D eigenvalue weighted by Crippen LogP contribution is -2.37. The largest absolute Gasteiger partial charge is 0.495 e. The van der Waals surface area contributed by atoms with Crippen molar-refractivity contribution in [2.45, 2.75) is 57.4 Å². The van der Waals surface area contributed by atoms with Crippen LogP contribution < -0.4 is 14.2 Å². The summed E-state index contributed by atoms with van der Waals surface area (Å²) >= 11 is 0. The summed E-state index contributed by atoms with van der Waals surface area (Å²) < 4.78 is 39.8. The maximum Gasteiger partial charge on any atom is 0.244 e. The van der Waals surface area contributed by atoms with Crippen LogP contribution in [0.4, 0.5) is 0 Å². The summed E-state index contributed by atoms with van der Waals surface area (Å²) in [7, 11) is -2.20. The molecule has 1 N–H and O–H groups in total. The highest BCUT2D eigenvalue weighted by atomic mass is 32.2. The van der Waals surface area contributed by atoms with Gasteiger partial charge in [-0.3, -0.25) is 0 Å². The molecule has 0 spiro atoms. The fourth-order valence-electron chi connectivity index (χ4n) is 3.50. The number of fused-ring (bicyclic) bond motifs is 1. The maximum absolute atomic E-state index is 13.0. The molecular formula is C22H29NO4S. The van der Waals surface area contributed by atoms with Gasteiger partial charge >= 0.3 is 0 Å². The molecule has 3 rings (SSSR count).